The van der Waals surface area contributed by atoms with E-state index in [1.807, 2.05) is 7.05 Å². The standard InChI is InChI=1S/C21H24F3N8OP/c1-31-9-5-6-12(11-31)26-20-25-10-13(21(22,23)24)17(27-20)18-16-14-7-4-8-15(34(2,3)33)32(14)30-19(16)29-28-18/h4,7-8,10,12H,5-6,9,11H2,1-3H3,(H,29,30)(H,25,26,27)/t12-/m0/s1. The number of rotatable bonds is 4. The zero-order valence-corrected chi connectivity index (χ0v) is 19.8. The van der Waals surface area contributed by atoms with Gasteiger partial charge in [-0.2, -0.15) is 18.3 Å². The Balaban J connectivity index is 1.67. The molecule has 0 aliphatic carbocycles. The normalized spacial score (nSPS) is 18.1. The van der Waals surface area contributed by atoms with Gasteiger partial charge in [0.05, 0.1) is 10.9 Å². The molecular weight excluding hydrogens is 468 g/mol. The minimum absolute atomic E-state index is 0.0164. The quantitative estimate of drug-likeness (QED) is 0.421. The van der Waals surface area contributed by atoms with E-state index < -0.39 is 18.9 Å². The van der Waals surface area contributed by atoms with E-state index in [1.165, 1.54) is 4.52 Å². The number of hydrogen-bond acceptors (Lipinski definition) is 7. The molecule has 0 aromatic carbocycles. The third-order valence-corrected chi connectivity index (χ3v) is 7.42. The van der Waals surface area contributed by atoms with Crippen molar-refractivity contribution in [2.75, 3.05) is 38.8 Å². The first-order valence-electron chi connectivity index (χ1n) is 10.8. The lowest BCUT2D eigenvalue weighted by molar-refractivity contribution is -0.137. The number of aromatic amines is 1. The van der Waals surface area contributed by atoms with Crippen molar-refractivity contribution in [1.82, 2.24) is 34.7 Å². The Morgan fingerprint density at radius 3 is 2.74 bits per heavy atom. The second-order valence-electron chi connectivity index (χ2n) is 9.03. The minimum Gasteiger partial charge on any atom is -0.350 e. The summed E-state index contributed by atoms with van der Waals surface area (Å²) >= 11 is 0. The van der Waals surface area contributed by atoms with E-state index in [-0.39, 0.29) is 29.0 Å². The highest BCUT2D eigenvalue weighted by atomic mass is 31.2. The number of likely N-dealkylation sites (N-methyl/N-ethyl adjacent to an activating group) is 1. The van der Waals surface area contributed by atoms with Crippen LogP contribution in [0.5, 0.6) is 0 Å². The van der Waals surface area contributed by atoms with Crippen LogP contribution in [0.4, 0.5) is 19.1 Å². The molecule has 4 aromatic rings. The molecule has 4 aromatic heterocycles. The summed E-state index contributed by atoms with van der Waals surface area (Å²) in [6.07, 6.45) is -2.03. The molecule has 180 valence electrons. The molecule has 0 amide bonds. The summed E-state index contributed by atoms with van der Waals surface area (Å²) in [5, 5.41) is 14.8. The molecule has 0 saturated carbocycles. The fraction of sp³-hybridized carbons (Fsp3) is 0.429. The largest absolute Gasteiger partial charge is 0.420 e. The number of likely N-dealkylation sites (tertiary alicyclic amines) is 1. The monoisotopic (exact) mass is 492 g/mol. The number of nitrogens with zero attached hydrogens (tertiary/aromatic N) is 6. The van der Waals surface area contributed by atoms with Gasteiger partial charge in [-0.1, -0.05) is 6.07 Å². The molecule has 1 aliphatic heterocycles. The highest BCUT2D eigenvalue weighted by molar-refractivity contribution is 7.69. The van der Waals surface area contributed by atoms with Crippen molar-refractivity contribution in [3.05, 3.63) is 30.0 Å². The number of H-pyrrole nitrogens is 1. The number of fused-ring (bicyclic) bond motifs is 3. The lowest BCUT2D eigenvalue weighted by Gasteiger charge is -2.30. The van der Waals surface area contributed by atoms with Crippen molar-refractivity contribution in [3.63, 3.8) is 0 Å². The van der Waals surface area contributed by atoms with Crippen LogP contribution in [-0.2, 0) is 10.7 Å². The summed E-state index contributed by atoms with van der Waals surface area (Å²) in [5.74, 6) is 0.114. The van der Waals surface area contributed by atoms with Crippen LogP contribution in [-0.4, -0.2) is 74.2 Å². The first kappa shape index (κ1) is 22.8. The second-order valence-corrected chi connectivity index (χ2v) is 12.2. The smallest absolute Gasteiger partial charge is 0.350 e. The number of halogens is 3. The Morgan fingerprint density at radius 2 is 2.03 bits per heavy atom. The highest BCUT2D eigenvalue weighted by Gasteiger charge is 2.37. The maximum absolute atomic E-state index is 13.9. The Kier molecular flexibility index (Phi) is 5.40. The number of anilines is 1. The van der Waals surface area contributed by atoms with Crippen LogP contribution < -0.4 is 10.8 Å². The average Bonchev–Trinajstić information content (AvgIpc) is 3.31. The summed E-state index contributed by atoms with van der Waals surface area (Å²) in [6.45, 7) is 4.95. The zero-order chi connectivity index (χ0) is 24.3. The molecule has 5 rings (SSSR count). The van der Waals surface area contributed by atoms with E-state index in [0.717, 1.165) is 32.1 Å². The van der Waals surface area contributed by atoms with Crippen LogP contribution in [0.3, 0.4) is 0 Å². The molecule has 0 bridgehead atoms. The molecule has 1 aliphatic rings. The molecular formula is C21H24F3N8OP. The lowest BCUT2D eigenvalue weighted by Crippen LogP contribution is -2.40. The first-order valence-corrected chi connectivity index (χ1v) is 13.4. The lowest BCUT2D eigenvalue weighted by atomic mass is 10.1. The summed E-state index contributed by atoms with van der Waals surface area (Å²) in [5.41, 5.74) is -0.0385. The molecule has 1 saturated heterocycles. The Morgan fingerprint density at radius 1 is 1.24 bits per heavy atom. The topological polar surface area (TPSA) is 104 Å². The van der Waals surface area contributed by atoms with E-state index >= 15 is 0 Å². The number of piperidine rings is 1. The van der Waals surface area contributed by atoms with Gasteiger partial charge in [-0.05, 0) is 51.9 Å². The van der Waals surface area contributed by atoms with Gasteiger partial charge in [0, 0.05) is 18.8 Å². The molecule has 9 nitrogen and oxygen atoms in total. The predicted molar refractivity (Wildman–Crippen MR) is 124 cm³/mol. The Hall–Kier alpha value is -2.98. The van der Waals surface area contributed by atoms with Gasteiger partial charge in [0.1, 0.15) is 29.5 Å². The molecule has 1 fully saturated rings. The number of hydrogen-bond donors (Lipinski definition) is 2. The molecule has 1 atom stereocenters. The van der Waals surface area contributed by atoms with Gasteiger partial charge in [-0.15, -0.1) is 5.10 Å². The molecule has 34 heavy (non-hydrogen) atoms. The molecule has 5 heterocycles. The summed E-state index contributed by atoms with van der Waals surface area (Å²) < 4.78 is 56.1. The number of nitrogens with one attached hydrogen (secondary N) is 2. The fourth-order valence-electron chi connectivity index (χ4n) is 4.42. The zero-order valence-electron chi connectivity index (χ0n) is 18.9. The van der Waals surface area contributed by atoms with Gasteiger partial charge >= 0.3 is 6.18 Å². The molecule has 13 heteroatoms. The van der Waals surface area contributed by atoms with Crippen molar-refractivity contribution < 1.29 is 17.7 Å². The van der Waals surface area contributed by atoms with Crippen LogP contribution in [0.1, 0.15) is 18.4 Å². The van der Waals surface area contributed by atoms with Gasteiger partial charge in [0.25, 0.3) is 0 Å². The summed E-state index contributed by atoms with van der Waals surface area (Å²) in [7, 11) is -0.707. The SMILES string of the molecule is CN1CCC[C@H](Nc2ncc(C(F)(F)F)c(-c3n[nH]c4nn5c(P(C)(C)=O)cccc5c34)n2)C1. The maximum atomic E-state index is 13.9. The van der Waals surface area contributed by atoms with Gasteiger partial charge in [0.15, 0.2) is 5.65 Å². The van der Waals surface area contributed by atoms with Gasteiger partial charge in [0.2, 0.25) is 5.95 Å². The van der Waals surface area contributed by atoms with E-state index in [2.05, 4.69) is 35.5 Å². The highest BCUT2D eigenvalue weighted by Crippen LogP contribution is 2.40. The van der Waals surface area contributed by atoms with E-state index in [9.17, 15) is 17.7 Å². The fourth-order valence-corrected chi connectivity index (χ4v) is 5.47. The van der Waals surface area contributed by atoms with E-state index in [1.54, 1.807) is 31.5 Å². The summed E-state index contributed by atoms with van der Waals surface area (Å²) in [6, 6.07) is 5.14. The molecule has 0 radical (unpaired) electrons. The maximum Gasteiger partial charge on any atom is 0.420 e. The van der Waals surface area contributed by atoms with Crippen LogP contribution in [0.25, 0.3) is 27.9 Å². The average molecular weight is 492 g/mol. The number of pyridine rings is 1. The van der Waals surface area contributed by atoms with Crippen molar-refractivity contribution >= 4 is 35.1 Å². The van der Waals surface area contributed by atoms with Gasteiger partial charge < -0.3 is 14.8 Å². The number of aromatic nitrogens is 6. The van der Waals surface area contributed by atoms with Crippen LogP contribution >= 0.6 is 7.14 Å². The van der Waals surface area contributed by atoms with Crippen LogP contribution in [0, 0.1) is 0 Å². The van der Waals surface area contributed by atoms with Crippen LogP contribution in [0.2, 0.25) is 0 Å². The van der Waals surface area contributed by atoms with Gasteiger partial charge in [-0.3, -0.25) is 5.10 Å². The van der Waals surface area contributed by atoms with Crippen molar-refractivity contribution in [2.24, 2.45) is 0 Å². The predicted octanol–water partition coefficient (Wildman–Crippen LogP) is 3.44. The van der Waals surface area contributed by atoms with E-state index in [4.69, 9.17) is 0 Å². The summed E-state index contributed by atoms with van der Waals surface area (Å²) in [4.78, 5) is 10.4. The van der Waals surface area contributed by atoms with Crippen molar-refractivity contribution in [1.29, 1.82) is 0 Å². The molecule has 0 spiro atoms. The Labute approximate surface area is 193 Å². The minimum atomic E-state index is -4.68. The third kappa shape index (κ3) is 4.05. The van der Waals surface area contributed by atoms with Crippen molar-refractivity contribution in [2.45, 2.75) is 25.1 Å². The Bertz CT molecular complexity index is 1420. The molecule has 2 N–H and O–H groups in total. The van der Waals surface area contributed by atoms with Crippen LogP contribution in [0.15, 0.2) is 24.4 Å². The number of alkyl halides is 3. The molecule has 0 unspecified atom stereocenters. The van der Waals surface area contributed by atoms with E-state index in [0.29, 0.717) is 16.3 Å². The van der Waals surface area contributed by atoms with Gasteiger partial charge in [-0.25, -0.2) is 14.5 Å². The van der Waals surface area contributed by atoms with Crippen molar-refractivity contribution in [3.8, 4) is 11.4 Å². The second kappa shape index (κ2) is 8.06. The third-order valence-electron chi connectivity index (χ3n) is 5.98. The first-order chi connectivity index (χ1) is 16.0.